The van der Waals surface area contributed by atoms with E-state index in [0.717, 1.165) is 16.9 Å². The van der Waals surface area contributed by atoms with Crippen LogP contribution in [0.25, 0.3) is 0 Å². The number of rotatable bonds is 7. The molecule has 1 aliphatic rings. The minimum Gasteiger partial charge on any atom is -0.489 e. The van der Waals surface area contributed by atoms with Gasteiger partial charge in [0.15, 0.2) is 0 Å². The Morgan fingerprint density at radius 3 is 2.37 bits per heavy atom. The van der Waals surface area contributed by atoms with Gasteiger partial charge in [0.1, 0.15) is 24.1 Å². The second-order valence-electron chi connectivity index (χ2n) is 7.75. The van der Waals surface area contributed by atoms with Crippen LogP contribution in [0.1, 0.15) is 31.9 Å². The summed E-state index contributed by atoms with van der Waals surface area (Å²) < 4.78 is 16.6. The lowest BCUT2D eigenvalue weighted by molar-refractivity contribution is 0.0495. The zero-order valence-corrected chi connectivity index (χ0v) is 16.1. The third-order valence-corrected chi connectivity index (χ3v) is 4.14. The van der Waals surface area contributed by atoms with Gasteiger partial charge in [-0.1, -0.05) is 42.5 Å². The Balaban J connectivity index is 1.53. The molecule has 2 aromatic rings. The Labute approximate surface area is 160 Å². The summed E-state index contributed by atoms with van der Waals surface area (Å²) in [4.78, 5) is 12.1. The second kappa shape index (κ2) is 8.44. The molecule has 1 saturated heterocycles. The molecule has 3 rings (SSSR count). The molecule has 1 amide bonds. The van der Waals surface area contributed by atoms with Gasteiger partial charge in [0.05, 0.1) is 12.6 Å². The van der Waals surface area contributed by atoms with Gasteiger partial charge in [0, 0.05) is 0 Å². The molecule has 0 radical (unpaired) electrons. The predicted octanol–water partition coefficient (Wildman–Crippen LogP) is 4.10. The van der Waals surface area contributed by atoms with Crippen LogP contribution in [-0.4, -0.2) is 30.4 Å². The molecule has 2 aromatic carbocycles. The standard InChI is InChI=1S/C22H27NO4/c1-22(2,3)27-21(24)23-19(20-15-26-20)13-16-9-11-18(12-10-16)25-14-17-7-5-4-6-8-17/h4-12,19-20H,13-15H2,1-3H3,(H,23,24)/t19-,20?/m0/s1. The molecule has 0 spiro atoms. The minimum absolute atomic E-state index is 0.0477. The number of epoxide rings is 1. The molecule has 1 fully saturated rings. The number of hydrogen-bond acceptors (Lipinski definition) is 4. The summed E-state index contributed by atoms with van der Waals surface area (Å²) in [6.45, 7) is 6.76. The highest BCUT2D eigenvalue weighted by Gasteiger charge is 2.34. The van der Waals surface area contributed by atoms with Crippen molar-refractivity contribution in [1.82, 2.24) is 5.32 Å². The van der Waals surface area contributed by atoms with E-state index in [9.17, 15) is 4.79 Å². The molecule has 2 atom stereocenters. The summed E-state index contributed by atoms with van der Waals surface area (Å²) in [5.74, 6) is 0.821. The minimum atomic E-state index is -0.517. The van der Waals surface area contributed by atoms with E-state index >= 15 is 0 Å². The van der Waals surface area contributed by atoms with Crippen molar-refractivity contribution in [3.63, 3.8) is 0 Å². The first kappa shape index (κ1) is 19.2. The number of amides is 1. The lowest BCUT2D eigenvalue weighted by atomic mass is 10.0. The molecule has 1 unspecified atom stereocenters. The Kier molecular flexibility index (Phi) is 6.01. The van der Waals surface area contributed by atoms with Crippen LogP contribution in [-0.2, 0) is 22.5 Å². The van der Waals surface area contributed by atoms with Crippen LogP contribution in [0, 0.1) is 0 Å². The van der Waals surface area contributed by atoms with Gasteiger partial charge in [-0.15, -0.1) is 0 Å². The largest absolute Gasteiger partial charge is 0.489 e. The molecule has 0 saturated carbocycles. The van der Waals surface area contributed by atoms with Crippen molar-refractivity contribution >= 4 is 6.09 Å². The van der Waals surface area contributed by atoms with Crippen LogP contribution in [0.3, 0.4) is 0 Å². The van der Waals surface area contributed by atoms with Crippen molar-refractivity contribution in [2.45, 2.75) is 51.5 Å². The quantitative estimate of drug-likeness (QED) is 0.747. The SMILES string of the molecule is CC(C)(C)OC(=O)N[C@@H](Cc1ccc(OCc2ccccc2)cc1)C1CO1. The predicted molar refractivity (Wildman–Crippen MR) is 104 cm³/mol. The average Bonchev–Trinajstić information content (AvgIpc) is 3.45. The fraction of sp³-hybridized carbons (Fsp3) is 0.409. The fourth-order valence-electron chi connectivity index (χ4n) is 2.74. The van der Waals surface area contributed by atoms with E-state index in [-0.39, 0.29) is 12.1 Å². The van der Waals surface area contributed by atoms with Crippen LogP contribution in [0.5, 0.6) is 5.75 Å². The average molecular weight is 369 g/mol. The topological polar surface area (TPSA) is 60.1 Å². The van der Waals surface area contributed by atoms with Gasteiger partial charge in [-0.25, -0.2) is 4.79 Å². The Hall–Kier alpha value is -2.53. The molecule has 0 aromatic heterocycles. The second-order valence-corrected chi connectivity index (χ2v) is 7.75. The van der Waals surface area contributed by atoms with Gasteiger partial charge in [0.2, 0.25) is 0 Å². The number of hydrogen-bond donors (Lipinski definition) is 1. The van der Waals surface area contributed by atoms with E-state index in [2.05, 4.69) is 5.32 Å². The van der Waals surface area contributed by atoms with Gasteiger partial charge in [0.25, 0.3) is 0 Å². The van der Waals surface area contributed by atoms with Gasteiger partial charge < -0.3 is 19.5 Å². The van der Waals surface area contributed by atoms with Crippen LogP contribution < -0.4 is 10.1 Å². The van der Waals surface area contributed by atoms with Crippen molar-refractivity contribution in [2.24, 2.45) is 0 Å². The first-order chi connectivity index (χ1) is 12.9. The maximum absolute atomic E-state index is 12.1. The molecule has 0 bridgehead atoms. The van der Waals surface area contributed by atoms with E-state index in [0.29, 0.717) is 19.6 Å². The molecule has 0 aliphatic carbocycles. The lowest BCUT2D eigenvalue weighted by Gasteiger charge is -2.23. The summed E-state index contributed by atoms with van der Waals surface area (Å²) in [6, 6.07) is 17.9. The van der Waals surface area contributed by atoms with Crippen molar-refractivity contribution < 1.29 is 19.0 Å². The van der Waals surface area contributed by atoms with E-state index in [4.69, 9.17) is 14.2 Å². The number of carbonyl (C=O) groups is 1. The third-order valence-electron chi connectivity index (χ3n) is 4.14. The lowest BCUT2D eigenvalue weighted by Crippen LogP contribution is -2.43. The van der Waals surface area contributed by atoms with Crippen molar-refractivity contribution in [3.8, 4) is 5.75 Å². The number of ether oxygens (including phenoxy) is 3. The number of nitrogens with one attached hydrogen (secondary N) is 1. The van der Waals surface area contributed by atoms with Crippen molar-refractivity contribution in [3.05, 3.63) is 65.7 Å². The molecule has 144 valence electrons. The van der Waals surface area contributed by atoms with Crippen LogP contribution >= 0.6 is 0 Å². The van der Waals surface area contributed by atoms with E-state index < -0.39 is 11.7 Å². The molecule has 1 N–H and O–H groups in total. The summed E-state index contributed by atoms with van der Waals surface area (Å²) in [7, 11) is 0. The first-order valence-electron chi connectivity index (χ1n) is 9.26. The number of benzene rings is 2. The molecular weight excluding hydrogens is 342 g/mol. The van der Waals surface area contributed by atoms with Crippen LogP contribution in [0.4, 0.5) is 4.79 Å². The fourth-order valence-corrected chi connectivity index (χ4v) is 2.74. The normalized spacial score (nSPS) is 17.1. The molecule has 5 nitrogen and oxygen atoms in total. The Morgan fingerprint density at radius 1 is 1.11 bits per heavy atom. The zero-order chi connectivity index (χ0) is 19.3. The number of carbonyl (C=O) groups excluding carboxylic acids is 1. The molecule has 27 heavy (non-hydrogen) atoms. The highest BCUT2D eigenvalue weighted by atomic mass is 16.6. The third kappa shape index (κ3) is 6.61. The van der Waals surface area contributed by atoms with Gasteiger partial charge in [-0.05, 0) is 50.5 Å². The van der Waals surface area contributed by atoms with Crippen molar-refractivity contribution in [1.29, 1.82) is 0 Å². The first-order valence-corrected chi connectivity index (χ1v) is 9.26. The highest BCUT2D eigenvalue weighted by Crippen LogP contribution is 2.21. The van der Waals surface area contributed by atoms with Crippen molar-refractivity contribution in [2.75, 3.05) is 6.61 Å². The summed E-state index contributed by atoms with van der Waals surface area (Å²) in [5.41, 5.74) is 1.73. The Bertz CT molecular complexity index is 733. The molecule has 5 heteroatoms. The maximum Gasteiger partial charge on any atom is 0.407 e. The van der Waals surface area contributed by atoms with E-state index in [1.165, 1.54) is 0 Å². The summed E-state index contributed by atoms with van der Waals surface area (Å²) in [6.07, 6.45) is 0.320. The summed E-state index contributed by atoms with van der Waals surface area (Å²) >= 11 is 0. The maximum atomic E-state index is 12.1. The monoisotopic (exact) mass is 369 g/mol. The molecule has 1 heterocycles. The van der Waals surface area contributed by atoms with Gasteiger partial charge in [-0.2, -0.15) is 0 Å². The van der Waals surface area contributed by atoms with Crippen LogP contribution in [0.2, 0.25) is 0 Å². The van der Waals surface area contributed by atoms with E-state index in [1.54, 1.807) is 0 Å². The van der Waals surface area contributed by atoms with Crippen LogP contribution in [0.15, 0.2) is 54.6 Å². The van der Waals surface area contributed by atoms with E-state index in [1.807, 2.05) is 75.4 Å². The molecule has 1 aliphatic heterocycles. The van der Waals surface area contributed by atoms with Gasteiger partial charge >= 0.3 is 6.09 Å². The smallest absolute Gasteiger partial charge is 0.407 e. The highest BCUT2D eigenvalue weighted by molar-refractivity contribution is 5.68. The zero-order valence-electron chi connectivity index (χ0n) is 16.1. The van der Waals surface area contributed by atoms with Gasteiger partial charge in [-0.3, -0.25) is 0 Å². The Morgan fingerprint density at radius 2 is 1.78 bits per heavy atom. The molecular formula is C22H27NO4. The summed E-state index contributed by atoms with van der Waals surface area (Å²) in [5, 5.41) is 2.93. The number of alkyl carbamates (subject to hydrolysis) is 1.